The zero-order chi connectivity index (χ0) is 8.48. The van der Waals surface area contributed by atoms with Crippen LogP contribution >= 0.6 is 11.6 Å². The number of hydrogen-bond acceptors (Lipinski definition) is 1. The second-order valence-electron chi connectivity index (χ2n) is 2.18. The maximum Gasteiger partial charge on any atom is 0.265 e. The van der Waals surface area contributed by atoms with E-state index in [0.717, 1.165) is 13.2 Å². The highest BCUT2D eigenvalue weighted by Crippen LogP contribution is 2.32. The van der Waals surface area contributed by atoms with Crippen molar-refractivity contribution in [2.75, 3.05) is 7.11 Å². The van der Waals surface area contributed by atoms with Gasteiger partial charge in [0.1, 0.15) is 0 Å². The summed E-state index contributed by atoms with van der Waals surface area (Å²) in [7, 11) is 1.09. The highest BCUT2D eigenvalue weighted by atomic mass is 35.5. The van der Waals surface area contributed by atoms with Gasteiger partial charge in [-0.15, -0.1) is 0 Å². The van der Waals surface area contributed by atoms with E-state index in [1.807, 2.05) is 0 Å². The molecule has 0 saturated heterocycles. The molecule has 1 aliphatic carbocycles. The molecule has 0 N–H and O–H groups in total. The van der Waals surface area contributed by atoms with Crippen LogP contribution in [0.25, 0.3) is 0 Å². The topological polar surface area (TPSA) is 9.23 Å². The van der Waals surface area contributed by atoms with Gasteiger partial charge < -0.3 is 4.74 Å². The molecule has 2 atom stereocenters. The Kier molecular flexibility index (Phi) is 2.30. The lowest BCUT2D eigenvalue weighted by molar-refractivity contribution is -0.118. The standard InChI is InChI=1S/C7H7ClF2O/c1-11-7(10)4-2-3-5(8)6(7)9/h2-4,6H,1H3. The van der Waals surface area contributed by atoms with E-state index in [-0.39, 0.29) is 5.03 Å². The molecule has 0 aromatic heterocycles. The Labute approximate surface area is 68.3 Å². The second kappa shape index (κ2) is 2.91. The maximum absolute atomic E-state index is 13.1. The normalized spacial score (nSPS) is 37.1. The third kappa shape index (κ3) is 1.44. The minimum atomic E-state index is -2.40. The van der Waals surface area contributed by atoms with Gasteiger partial charge in [0.25, 0.3) is 5.85 Å². The molecule has 0 aliphatic heterocycles. The van der Waals surface area contributed by atoms with E-state index >= 15 is 0 Å². The van der Waals surface area contributed by atoms with Gasteiger partial charge in [-0.2, -0.15) is 0 Å². The minimum Gasteiger partial charge on any atom is -0.344 e. The summed E-state index contributed by atoms with van der Waals surface area (Å²) in [6.07, 6.45) is 1.69. The van der Waals surface area contributed by atoms with Crippen LogP contribution < -0.4 is 0 Å². The number of methoxy groups -OCH3 is 1. The first-order valence-electron chi connectivity index (χ1n) is 3.03. The van der Waals surface area contributed by atoms with Gasteiger partial charge in [-0.3, -0.25) is 0 Å². The molecule has 1 aliphatic rings. The molecule has 0 bridgehead atoms. The van der Waals surface area contributed by atoms with Crippen molar-refractivity contribution in [2.24, 2.45) is 0 Å². The molecule has 0 saturated carbocycles. The van der Waals surface area contributed by atoms with Gasteiger partial charge in [-0.1, -0.05) is 17.7 Å². The van der Waals surface area contributed by atoms with E-state index in [0.29, 0.717) is 0 Å². The Morgan fingerprint density at radius 3 is 2.82 bits per heavy atom. The fourth-order valence-corrected chi connectivity index (χ4v) is 1.02. The third-order valence-corrected chi connectivity index (χ3v) is 1.80. The lowest BCUT2D eigenvalue weighted by atomic mass is 10.1. The summed E-state index contributed by atoms with van der Waals surface area (Å²) in [5.74, 6) is -2.40. The fourth-order valence-electron chi connectivity index (χ4n) is 0.800. The molecular weight excluding hydrogens is 174 g/mol. The number of rotatable bonds is 1. The molecule has 0 spiro atoms. The molecule has 62 valence electrons. The Morgan fingerprint density at radius 2 is 2.36 bits per heavy atom. The van der Waals surface area contributed by atoms with E-state index in [2.05, 4.69) is 4.74 Å². The van der Waals surface area contributed by atoms with Gasteiger partial charge in [0, 0.05) is 7.11 Å². The number of hydrogen-bond donors (Lipinski definition) is 0. The first-order chi connectivity index (χ1) is 5.10. The van der Waals surface area contributed by atoms with Crippen molar-refractivity contribution in [3.8, 4) is 0 Å². The molecule has 0 aromatic carbocycles. The highest BCUT2D eigenvalue weighted by Gasteiger charge is 2.40. The zero-order valence-corrected chi connectivity index (χ0v) is 6.61. The zero-order valence-electron chi connectivity index (χ0n) is 5.85. The number of allylic oxidation sites excluding steroid dienone is 2. The van der Waals surface area contributed by atoms with Crippen LogP contribution in [0.5, 0.6) is 0 Å². The van der Waals surface area contributed by atoms with Crippen molar-refractivity contribution < 1.29 is 13.5 Å². The maximum atomic E-state index is 13.1. The monoisotopic (exact) mass is 180 g/mol. The molecule has 11 heavy (non-hydrogen) atoms. The Morgan fingerprint density at radius 1 is 1.73 bits per heavy atom. The van der Waals surface area contributed by atoms with Crippen LogP contribution in [0.4, 0.5) is 8.78 Å². The van der Waals surface area contributed by atoms with Crippen LogP contribution in [0.15, 0.2) is 23.3 Å². The molecule has 1 rings (SSSR count). The quantitative estimate of drug-likeness (QED) is 0.602. The van der Waals surface area contributed by atoms with Gasteiger partial charge in [0.2, 0.25) is 0 Å². The van der Waals surface area contributed by atoms with Crippen LogP contribution in [-0.4, -0.2) is 19.1 Å². The first kappa shape index (κ1) is 8.68. The Bertz CT molecular complexity index is 214. The molecule has 0 fully saturated rings. The van der Waals surface area contributed by atoms with Gasteiger partial charge in [-0.05, 0) is 12.2 Å². The summed E-state index contributed by atoms with van der Waals surface area (Å²) >= 11 is 5.35. The molecule has 0 heterocycles. The lowest BCUT2D eigenvalue weighted by Crippen LogP contribution is -2.36. The van der Waals surface area contributed by atoms with Crippen molar-refractivity contribution >= 4 is 11.6 Å². The Balaban J connectivity index is 2.88. The first-order valence-corrected chi connectivity index (χ1v) is 3.41. The average molecular weight is 181 g/mol. The van der Waals surface area contributed by atoms with Crippen LogP contribution in [0.2, 0.25) is 0 Å². The SMILES string of the molecule is COC1(F)C=CC=C(Cl)C1F. The molecule has 0 aromatic rings. The van der Waals surface area contributed by atoms with Crippen molar-refractivity contribution in [3.63, 3.8) is 0 Å². The van der Waals surface area contributed by atoms with E-state index in [1.54, 1.807) is 0 Å². The lowest BCUT2D eigenvalue weighted by Gasteiger charge is -2.25. The predicted molar refractivity (Wildman–Crippen MR) is 38.8 cm³/mol. The fraction of sp³-hybridized carbons (Fsp3) is 0.429. The number of alkyl halides is 2. The van der Waals surface area contributed by atoms with E-state index in [4.69, 9.17) is 11.6 Å². The van der Waals surface area contributed by atoms with E-state index in [9.17, 15) is 8.78 Å². The van der Waals surface area contributed by atoms with Crippen molar-refractivity contribution in [3.05, 3.63) is 23.3 Å². The molecule has 0 radical (unpaired) electrons. The highest BCUT2D eigenvalue weighted by molar-refractivity contribution is 6.30. The van der Waals surface area contributed by atoms with Crippen molar-refractivity contribution in [1.82, 2.24) is 0 Å². The van der Waals surface area contributed by atoms with Crippen LogP contribution in [-0.2, 0) is 4.74 Å². The van der Waals surface area contributed by atoms with Crippen molar-refractivity contribution in [1.29, 1.82) is 0 Å². The summed E-state index contributed by atoms with van der Waals surface area (Å²) in [4.78, 5) is 0. The van der Waals surface area contributed by atoms with Crippen LogP contribution in [0.3, 0.4) is 0 Å². The second-order valence-corrected chi connectivity index (χ2v) is 2.61. The molecule has 4 heteroatoms. The van der Waals surface area contributed by atoms with Crippen molar-refractivity contribution in [2.45, 2.75) is 12.0 Å². The summed E-state index contributed by atoms with van der Waals surface area (Å²) < 4.78 is 30.3. The molecule has 2 unspecified atom stereocenters. The number of halogens is 3. The molecular formula is C7H7ClF2O. The number of ether oxygens (including phenoxy) is 1. The largest absolute Gasteiger partial charge is 0.344 e. The van der Waals surface area contributed by atoms with E-state index in [1.165, 1.54) is 12.2 Å². The van der Waals surface area contributed by atoms with Crippen LogP contribution in [0.1, 0.15) is 0 Å². The Hall–Kier alpha value is -0.410. The van der Waals surface area contributed by atoms with E-state index < -0.39 is 12.0 Å². The summed E-state index contributed by atoms with van der Waals surface area (Å²) in [5, 5.41) is -0.183. The minimum absolute atomic E-state index is 0.183. The summed E-state index contributed by atoms with van der Waals surface area (Å²) in [6.45, 7) is 0. The smallest absolute Gasteiger partial charge is 0.265 e. The van der Waals surface area contributed by atoms with Gasteiger partial charge in [-0.25, -0.2) is 8.78 Å². The van der Waals surface area contributed by atoms with Gasteiger partial charge in [0.05, 0.1) is 5.03 Å². The molecule has 0 amide bonds. The average Bonchev–Trinajstić information content (AvgIpc) is 2.00. The third-order valence-electron chi connectivity index (χ3n) is 1.48. The van der Waals surface area contributed by atoms with Gasteiger partial charge >= 0.3 is 0 Å². The molecule has 1 nitrogen and oxygen atoms in total. The predicted octanol–water partition coefficient (Wildman–Crippen LogP) is 2.33. The summed E-state index contributed by atoms with van der Waals surface area (Å²) in [6, 6.07) is 0. The van der Waals surface area contributed by atoms with Gasteiger partial charge in [0.15, 0.2) is 6.17 Å². The summed E-state index contributed by atoms with van der Waals surface area (Å²) in [5.41, 5.74) is 0. The van der Waals surface area contributed by atoms with Crippen LogP contribution in [0, 0.1) is 0 Å².